The Balaban J connectivity index is 1.94. The van der Waals surface area contributed by atoms with Crippen LogP contribution in [0.4, 0.5) is 11.4 Å². The minimum Gasteiger partial charge on any atom is -0.507 e. The lowest BCUT2D eigenvalue weighted by molar-refractivity contribution is -0.120. The van der Waals surface area contributed by atoms with E-state index in [1.807, 2.05) is 107 Å². The van der Waals surface area contributed by atoms with Crippen molar-refractivity contribution in [2.45, 2.75) is 40.0 Å². The van der Waals surface area contributed by atoms with Gasteiger partial charge < -0.3 is 10.2 Å². The van der Waals surface area contributed by atoms with Gasteiger partial charge in [-0.05, 0) is 86.2 Å². The normalized spacial score (nSPS) is 17.1. The molecule has 1 aliphatic rings. The molecule has 2 N–H and O–H groups in total. The van der Waals surface area contributed by atoms with Gasteiger partial charge in [0.1, 0.15) is 16.9 Å². The molecule has 0 saturated heterocycles. The smallest absolute Gasteiger partial charge is 0.251 e. The Morgan fingerprint density at radius 2 is 1.37 bits per heavy atom. The highest BCUT2D eigenvalue weighted by atomic mass is 16.3. The summed E-state index contributed by atoms with van der Waals surface area (Å²) in [6, 6.07) is 23.2. The molecule has 1 unspecified atom stereocenters. The van der Waals surface area contributed by atoms with Crippen molar-refractivity contribution in [2.75, 3.05) is 4.90 Å². The molecule has 0 bridgehead atoms. The summed E-state index contributed by atoms with van der Waals surface area (Å²) in [6.45, 7) is 9.50. The molecule has 4 heteroatoms. The van der Waals surface area contributed by atoms with Gasteiger partial charge in [-0.2, -0.15) is 0 Å². The number of hydrogen-bond donors (Lipinski definition) is 2. The molecule has 4 aromatic carbocycles. The number of rotatable bonds is 3. The molecule has 4 nitrogen and oxygen atoms in total. The van der Waals surface area contributed by atoms with E-state index in [2.05, 4.69) is 0 Å². The number of benzene rings is 4. The fourth-order valence-corrected chi connectivity index (χ4v) is 5.37. The molecule has 0 spiro atoms. The maximum atomic E-state index is 14.8. The van der Waals surface area contributed by atoms with E-state index in [9.17, 15) is 15.0 Å². The third kappa shape index (κ3) is 3.17. The fraction of sp³-hybridized carbons (Fsp3) is 0.194. The number of anilines is 2. The highest BCUT2D eigenvalue weighted by molar-refractivity contribution is 6.17. The summed E-state index contributed by atoms with van der Waals surface area (Å²) in [7, 11) is 0. The Bertz CT molecular complexity index is 1480. The lowest BCUT2D eigenvalue weighted by atomic mass is 9.68. The number of phenolic OH excluding ortho intramolecular Hbond substituents is 2. The van der Waals surface area contributed by atoms with E-state index < -0.39 is 5.41 Å². The summed E-state index contributed by atoms with van der Waals surface area (Å²) in [5.41, 5.74) is 6.45. The van der Waals surface area contributed by atoms with Crippen LogP contribution in [0.15, 0.2) is 72.8 Å². The quantitative estimate of drug-likeness (QED) is 0.357. The van der Waals surface area contributed by atoms with Crippen LogP contribution in [-0.4, -0.2) is 16.1 Å². The average Bonchev–Trinajstić information content (AvgIpc) is 3.09. The number of nitrogens with zero attached hydrogens (tertiary/aromatic N) is 1. The van der Waals surface area contributed by atoms with E-state index in [1.54, 1.807) is 4.90 Å². The van der Waals surface area contributed by atoms with E-state index in [0.717, 1.165) is 39.2 Å². The van der Waals surface area contributed by atoms with E-state index in [-0.39, 0.29) is 17.4 Å². The van der Waals surface area contributed by atoms with Gasteiger partial charge in [-0.25, -0.2) is 0 Å². The van der Waals surface area contributed by atoms with Gasteiger partial charge in [0.25, 0.3) is 5.91 Å². The van der Waals surface area contributed by atoms with Gasteiger partial charge in [-0.3, -0.25) is 9.69 Å². The van der Waals surface area contributed by atoms with Crippen LogP contribution in [0.3, 0.4) is 0 Å². The molecule has 0 saturated carbocycles. The molecule has 0 radical (unpaired) electrons. The zero-order valence-corrected chi connectivity index (χ0v) is 20.7. The molecule has 0 aromatic heterocycles. The number of aryl methyl sites for hydroxylation is 4. The van der Waals surface area contributed by atoms with Crippen molar-refractivity contribution >= 4 is 17.3 Å². The van der Waals surface area contributed by atoms with Crippen molar-refractivity contribution in [3.63, 3.8) is 0 Å². The summed E-state index contributed by atoms with van der Waals surface area (Å²) in [5, 5.41) is 22.0. The molecule has 0 fully saturated rings. The average molecular weight is 464 g/mol. The SMILES string of the molecule is Cc1cccc(N2C(=O)C(c3cc(C)c(O)c(C)c3)(c3ccc(C)c(C)c3O)c3ccccc32)c1. The van der Waals surface area contributed by atoms with Crippen LogP contribution in [-0.2, 0) is 10.2 Å². The Hall–Kier alpha value is -4.05. The van der Waals surface area contributed by atoms with Crippen molar-refractivity contribution in [3.05, 3.63) is 117 Å². The van der Waals surface area contributed by atoms with Crippen molar-refractivity contribution in [2.24, 2.45) is 0 Å². The number of carbonyl (C=O) groups is 1. The van der Waals surface area contributed by atoms with Crippen LogP contribution >= 0.6 is 0 Å². The van der Waals surface area contributed by atoms with Crippen LogP contribution in [0.1, 0.15) is 44.5 Å². The number of aromatic hydroxyl groups is 2. The van der Waals surface area contributed by atoms with Crippen LogP contribution in [0.2, 0.25) is 0 Å². The highest BCUT2D eigenvalue weighted by Gasteiger charge is 2.55. The van der Waals surface area contributed by atoms with Gasteiger partial charge in [-0.15, -0.1) is 0 Å². The van der Waals surface area contributed by atoms with Crippen LogP contribution in [0, 0.1) is 34.6 Å². The summed E-state index contributed by atoms with van der Waals surface area (Å²) in [4.78, 5) is 16.6. The zero-order chi connectivity index (χ0) is 25.1. The molecular formula is C31H29NO3. The predicted molar refractivity (Wildman–Crippen MR) is 140 cm³/mol. The molecule has 35 heavy (non-hydrogen) atoms. The third-order valence-corrected chi connectivity index (χ3v) is 7.36. The zero-order valence-electron chi connectivity index (χ0n) is 20.7. The second kappa shape index (κ2) is 8.02. The summed E-state index contributed by atoms with van der Waals surface area (Å²) < 4.78 is 0. The van der Waals surface area contributed by atoms with Gasteiger partial charge in [0.05, 0.1) is 5.69 Å². The number of hydrogen-bond acceptors (Lipinski definition) is 3. The minimum absolute atomic E-state index is 0.114. The first-order valence-corrected chi connectivity index (χ1v) is 11.8. The van der Waals surface area contributed by atoms with Crippen LogP contribution in [0.5, 0.6) is 11.5 Å². The minimum atomic E-state index is -1.29. The van der Waals surface area contributed by atoms with Crippen molar-refractivity contribution in [1.29, 1.82) is 0 Å². The first kappa shape index (κ1) is 22.7. The standard InChI is InChI=1S/C31H29NO3/c1-18-9-8-10-24(15-18)32-27-12-7-6-11-25(27)31(30(32)35,23-16-20(3)28(33)21(4)17-23)26-14-13-19(2)22(5)29(26)34/h6-17,33-34H,1-5H3. The van der Waals surface area contributed by atoms with Gasteiger partial charge >= 0.3 is 0 Å². The summed E-state index contributed by atoms with van der Waals surface area (Å²) in [6.07, 6.45) is 0. The van der Waals surface area contributed by atoms with Crippen molar-refractivity contribution in [1.82, 2.24) is 0 Å². The second-order valence-corrected chi connectivity index (χ2v) is 9.61. The Morgan fingerprint density at radius 1 is 0.686 bits per heavy atom. The monoisotopic (exact) mass is 463 g/mol. The molecular weight excluding hydrogens is 434 g/mol. The highest BCUT2D eigenvalue weighted by Crippen LogP contribution is 2.55. The Morgan fingerprint density at radius 3 is 2.06 bits per heavy atom. The van der Waals surface area contributed by atoms with Crippen molar-refractivity contribution in [3.8, 4) is 11.5 Å². The number of amides is 1. The van der Waals surface area contributed by atoms with E-state index in [4.69, 9.17) is 0 Å². The molecule has 1 amide bonds. The molecule has 1 aliphatic heterocycles. The number of para-hydroxylation sites is 1. The second-order valence-electron chi connectivity index (χ2n) is 9.61. The van der Waals surface area contributed by atoms with E-state index in [0.29, 0.717) is 16.7 Å². The van der Waals surface area contributed by atoms with E-state index >= 15 is 0 Å². The lowest BCUT2D eigenvalue weighted by Crippen LogP contribution is -2.40. The lowest BCUT2D eigenvalue weighted by Gasteiger charge is -2.32. The first-order valence-electron chi connectivity index (χ1n) is 11.8. The van der Waals surface area contributed by atoms with Crippen LogP contribution < -0.4 is 4.90 Å². The summed E-state index contributed by atoms with van der Waals surface area (Å²) in [5.74, 6) is 0.164. The Labute approximate surface area is 206 Å². The van der Waals surface area contributed by atoms with E-state index in [1.165, 1.54) is 0 Å². The largest absolute Gasteiger partial charge is 0.507 e. The number of fused-ring (bicyclic) bond motifs is 1. The molecule has 1 atom stereocenters. The number of carbonyl (C=O) groups excluding carboxylic acids is 1. The maximum absolute atomic E-state index is 14.8. The molecule has 4 aromatic rings. The molecule has 0 aliphatic carbocycles. The maximum Gasteiger partial charge on any atom is 0.251 e. The predicted octanol–water partition coefficient (Wildman–Crippen LogP) is 6.65. The summed E-state index contributed by atoms with van der Waals surface area (Å²) >= 11 is 0. The topological polar surface area (TPSA) is 60.8 Å². The van der Waals surface area contributed by atoms with Gasteiger partial charge in [0.15, 0.2) is 0 Å². The Kier molecular flexibility index (Phi) is 5.21. The van der Waals surface area contributed by atoms with Gasteiger partial charge in [0, 0.05) is 16.8 Å². The van der Waals surface area contributed by atoms with Gasteiger partial charge in [-0.1, -0.05) is 54.6 Å². The molecule has 1 heterocycles. The number of phenols is 2. The van der Waals surface area contributed by atoms with Crippen molar-refractivity contribution < 1.29 is 15.0 Å². The third-order valence-electron chi connectivity index (χ3n) is 7.36. The molecule has 5 rings (SSSR count). The molecule has 176 valence electrons. The van der Waals surface area contributed by atoms with Crippen LogP contribution in [0.25, 0.3) is 0 Å². The van der Waals surface area contributed by atoms with Gasteiger partial charge in [0.2, 0.25) is 0 Å². The first-order chi connectivity index (χ1) is 16.7. The fourth-order valence-electron chi connectivity index (χ4n) is 5.37.